The Morgan fingerprint density at radius 2 is 1.59 bits per heavy atom. The highest BCUT2D eigenvalue weighted by atomic mass is 35.5. The molecule has 0 spiro atoms. The molecule has 32 heavy (non-hydrogen) atoms. The van der Waals surface area contributed by atoms with Crippen LogP contribution in [-0.4, -0.2) is 16.7 Å². The first-order valence-corrected chi connectivity index (χ1v) is 11.3. The highest BCUT2D eigenvalue weighted by Gasteiger charge is 2.31. The lowest BCUT2D eigenvalue weighted by molar-refractivity contribution is -0.141. The molecule has 1 atom stereocenters. The molecule has 0 radical (unpaired) electrons. The summed E-state index contributed by atoms with van der Waals surface area (Å²) in [6.45, 7) is 2.53. The van der Waals surface area contributed by atoms with E-state index in [0.29, 0.717) is 29.4 Å². The van der Waals surface area contributed by atoms with Crippen LogP contribution in [0.1, 0.15) is 42.5 Å². The molecular formula is C26H26Cl2N2O2. The van der Waals surface area contributed by atoms with E-state index >= 15 is 0 Å². The van der Waals surface area contributed by atoms with Gasteiger partial charge in [0.1, 0.15) is 6.04 Å². The standard InChI is InChI=1S/C26H26Cl2N2O2/c1-2-9-24(31)30(18-19-10-5-3-6-11-19)25(20-12-7-4-8-13-20)26(32)29-17-21-14-15-22(27)16-23(21)28/h3-8,10-16,25H,2,9,17-18H2,1H3,(H,29,32). The van der Waals surface area contributed by atoms with Crippen molar-refractivity contribution >= 4 is 35.0 Å². The van der Waals surface area contributed by atoms with Crippen molar-refractivity contribution in [2.24, 2.45) is 0 Å². The molecule has 0 saturated carbocycles. The summed E-state index contributed by atoms with van der Waals surface area (Å²) >= 11 is 12.2. The van der Waals surface area contributed by atoms with E-state index in [4.69, 9.17) is 23.2 Å². The van der Waals surface area contributed by atoms with Crippen LogP contribution >= 0.6 is 23.2 Å². The first kappa shape index (κ1) is 23.8. The normalized spacial score (nSPS) is 11.6. The predicted molar refractivity (Wildman–Crippen MR) is 129 cm³/mol. The zero-order chi connectivity index (χ0) is 22.9. The first-order valence-electron chi connectivity index (χ1n) is 10.6. The van der Waals surface area contributed by atoms with E-state index in [1.165, 1.54) is 0 Å². The van der Waals surface area contributed by atoms with Crippen LogP contribution in [-0.2, 0) is 22.7 Å². The van der Waals surface area contributed by atoms with Crippen molar-refractivity contribution in [3.63, 3.8) is 0 Å². The number of rotatable bonds is 9. The second-order valence-electron chi connectivity index (χ2n) is 7.52. The summed E-state index contributed by atoms with van der Waals surface area (Å²) in [4.78, 5) is 28.3. The molecule has 0 aromatic heterocycles. The van der Waals surface area contributed by atoms with Crippen molar-refractivity contribution in [3.8, 4) is 0 Å². The zero-order valence-electron chi connectivity index (χ0n) is 17.9. The third-order valence-corrected chi connectivity index (χ3v) is 5.71. The number of hydrogen-bond acceptors (Lipinski definition) is 2. The fraction of sp³-hybridized carbons (Fsp3) is 0.231. The van der Waals surface area contributed by atoms with Crippen LogP contribution in [0.4, 0.5) is 0 Å². The monoisotopic (exact) mass is 468 g/mol. The minimum Gasteiger partial charge on any atom is -0.350 e. The molecule has 0 fully saturated rings. The second kappa shape index (κ2) is 11.7. The maximum absolute atomic E-state index is 13.5. The number of hydrogen-bond donors (Lipinski definition) is 1. The van der Waals surface area contributed by atoms with Gasteiger partial charge in [0, 0.05) is 29.6 Å². The summed E-state index contributed by atoms with van der Waals surface area (Å²) in [6, 6.07) is 23.5. The Balaban J connectivity index is 1.91. The minimum atomic E-state index is -0.762. The van der Waals surface area contributed by atoms with Crippen molar-refractivity contribution in [2.45, 2.75) is 38.9 Å². The molecule has 4 nitrogen and oxygen atoms in total. The van der Waals surface area contributed by atoms with E-state index in [2.05, 4.69) is 5.32 Å². The Kier molecular flexibility index (Phi) is 8.72. The summed E-state index contributed by atoms with van der Waals surface area (Å²) < 4.78 is 0. The number of nitrogens with one attached hydrogen (secondary N) is 1. The van der Waals surface area contributed by atoms with Gasteiger partial charge in [-0.2, -0.15) is 0 Å². The van der Waals surface area contributed by atoms with Gasteiger partial charge in [0.05, 0.1) is 0 Å². The molecule has 0 heterocycles. The quantitative estimate of drug-likeness (QED) is 0.407. The molecule has 1 N–H and O–H groups in total. The topological polar surface area (TPSA) is 49.4 Å². The number of carbonyl (C=O) groups is 2. The van der Waals surface area contributed by atoms with Crippen LogP contribution in [0.3, 0.4) is 0 Å². The molecule has 6 heteroatoms. The molecule has 3 aromatic rings. The number of carbonyl (C=O) groups excluding carboxylic acids is 2. The summed E-state index contributed by atoms with van der Waals surface area (Å²) in [7, 11) is 0. The number of amides is 2. The van der Waals surface area contributed by atoms with Gasteiger partial charge in [-0.1, -0.05) is 96.9 Å². The van der Waals surface area contributed by atoms with Crippen LogP contribution in [0.25, 0.3) is 0 Å². The molecule has 0 aliphatic rings. The fourth-order valence-electron chi connectivity index (χ4n) is 3.51. The largest absolute Gasteiger partial charge is 0.350 e. The highest BCUT2D eigenvalue weighted by molar-refractivity contribution is 6.35. The van der Waals surface area contributed by atoms with E-state index in [1.807, 2.05) is 67.6 Å². The van der Waals surface area contributed by atoms with E-state index in [1.54, 1.807) is 23.1 Å². The van der Waals surface area contributed by atoms with Crippen molar-refractivity contribution in [2.75, 3.05) is 0 Å². The third-order valence-electron chi connectivity index (χ3n) is 5.12. The maximum atomic E-state index is 13.5. The fourth-order valence-corrected chi connectivity index (χ4v) is 3.99. The van der Waals surface area contributed by atoms with Gasteiger partial charge in [-0.3, -0.25) is 9.59 Å². The van der Waals surface area contributed by atoms with Crippen LogP contribution in [0, 0.1) is 0 Å². The van der Waals surface area contributed by atoms with Gasteiger partial charge in [-0.05, 0) is 35.2 Å². The van der Waals surface area contributed by atoms with Gasteiger partial charge in [0.2, 0.25) is 11.8 Å². The molecular weight excluding hydrogens is 443 g/mol. The molecule has 166 valence electrons. The highest BCUT2D eigenvalue weighted by Crippen LogP contribution is 2.26. The Bertz CT molecular complexity index is 1040. The Hall–Kier alpha value is -2.82. The van der Waals surface area contributed by atoms with Crippen molar-refractivity contribution in [3.05, 3.63) is 106 Å². The molecule has 0 saturated heterocycles. The van der Waals surface area contributed by atoms with Crippen molar-refractivity contribution in [1.29, 1.82) is 0 Å². The average molecular weight is 469 g/mol. The number of halogens is 2. The molecule has 0 aliphatic heterocycles. The van der Waals surface area contributed by atoms with Crippen LogP contribution in [0.2, 0.25) is 10.0 Å². The van der Waals surface area contributed by atoms with Crippen LogP contribution in [0.5, 0.6) is 0 Å². The molecule has 0 aliphatic carbocycles. The van der Waals surface area contributed by atoms with Crippen molar-refractivity contribution < 1.29 is 9.59 Å². The van der Waals surface area contributed by atoms with E-state index in [9.17, 15) is 9.59 Å². The first-order chi connectivity index (χ1) is 15.5. The SMILES string of the molecule is CCCC(=O)N(Cc1ccccc1)C(C(=O)NCc1ccc(Cl)cc1Cl)c1ccccc1. The third kappa shape index (κ3) is 6.35. The summed E-state index contributed by atoms with van der Waals surface area (Å²) in [5.41, 5.74) is 2.48. The smallest absolute Gasteiger partial charge is 0.247 e. The van der Waals surface area contributed by atoms with Crippen LogP contribution < -0.4 is 5.32 Å². The van der Waals surface area contributed by atoms with Crippen molar-refractivity contribution in [1.82, 2.24) is 10.2 Å². The van der Waals surface area contributed by atoms with E-state index in [-0.39, 0.29) is 18.4 Å². The zero-order valence-corrected chi connectivity index (χ0v) is 19.4. The summed E-state index contributed by atoms with van der Waals surface area (Å²) in [6.07, 6.45) is 1.07. The second-order valence-corrected chi connectivity index (χ2v) is 8.37. The van der Waals surface area contributed by atoms with Crippen LogP contribution in [0.15, 0.2) is 78.9 Å². The summed E-state index contributed by atoms with van der Waals surface area (Å²) in [5.74, 6) is -0.326. The minimum absolute atomic E-state index is 0.0649. The predicted octanol–water partition coefficient (Wildman–Crippen LogP) is 6.18. The lowest BCUT2D eigenvalue weighted by Gasteiger charge is -2.31. The van der Waals surface area contributed by atoms with E-state index < -0.39 is 6.04 Å². The van der Waals surface area contributed by atoms with E-state index in [0.717, 1.165) is 16.7 Å². The molecule has 1 unspecified atom stereocenters. The number of nitrogens with zero attached hydrogens (tertiary/aromatic N) is 1. The van der Waals surface area contributed by atoms with Gasteiger partial charge >= 0.3 is 0 Å². The Morgan fingerprint density at radius 3 is 2.22 bits per heavy atom. The lowest BCUT2D eigenvalue weighted by Crippen LogP contribution is -2.43. The Morgan fingerprint density at radius 1 is 0.938 bits per heavy atom. The maximum Gasteiger partial charge on any atom is 0.247 e. The van der Waals surface area contributed by atoms with Gasteiger partial charge in [-0.15, -0.1) is 0 Å². The molecule has 3 rings (SSSR count). The molecule has 0 bridgehead atoms. The average Bonchev–Trinajstić information content (AvgIpc) is 2.79. The van der Waals surface area contributed by atoms with Gasteiger partial charge in [0.25, 0.3) is 0 Å². The summed E-state index contributed by atoms with van der Waals surface area (Å²) in [5, 5.41) is 3.98. The molecule has 2 amide bonds. The molecule has 3 aromatic carbocycles. The van der Waals surface area contributed by atoms with Gasteiger partial charge in [0.15, 0.2) is 0 Å². The lowest BCUT2D eigenvalue weighted by atomic mass is 10.0. The van der Waals surface area contributed by atoms with Gasteiger partial charge < -0.3 is 10.2 Å². The number of benzene rings is 3. The van der Waals surface area contributed by atoms with Gasteiger partial charge in [-0.25, -0.2) is 0 Å². The Labute approximate surface area is 199 Å².